The summed E-state index contributed by atoms with van der Waals surface area (Å²) in [4.78, 5) is 17.4. The molecule has 1 aromatic carbocycles. The van der Waals surface area contributed by atoms with E-state index in [1.807, 2.05) is 6.07 Å². The van der Waals surface area contributed by atoms with Gasteiger partial charge in [0.25, 0.3) is 0 Å². The third-order valence-corrected chi connectivity index (χ3v) is 5.43. The lowest BCUT2D eigenvalue weighted by Crippen LogP contribution is -2.51. The molecule has 0 spiro atoms. The first-order valence-corrected chi connectivity index (χ1v) is 9.60. The van der Waals surface area contributed by atoms with Crippen molar-refractivity contribution in [3.05, 3.63) is 29.3 Å². The van der Waals surface area contributed by atoms with Crippen molar-refractivity contribution < 1.29 is 9.53 Å². The topological polar surface area (TPSA) is 44.8 Å². The molecule has 2 aliphatic rings. The summed E-state index contributed by atoms with van der Waals surface area (Å²) in [5.41, 5.74) is 2.67. The monoisotopic (exact) mass is 345 g/mol. The molecule has 5 heteroatoms. The maximum Gasteiger partial charge on any atom is 0.237 e. The number of fused-ring (bicyclic) bond motifs is 1. The van der Waals surface area contributed by atoms with Gasteiger partial charge in [0.1, 0.15) is 5.75 Å². The van der Waals surface area contributed by atoms with Crippen molar-refractivity contribution in [3.8, 4) is 5.75 Å². The predicted molar refractivity (Wildman–Crippen MR) is 100 cm³/mol. The maximum atomic E-state index is 13.0. The maximum absolute atomic E-state index is 13.0. The van der Waals surface area contributed by atoms with E-state index in [1.54, 1.807) is 7.11 Å². The summed E-state index contributed by atoms with van der Waals surface area (Å²) in [7, 11) is 1.74. The van der Waals surface area contributed by atoms with Gasteiger partial charge in [-0.05, 0) is 42.9 Å². The quantitative estimate of drug-likeness (QED) is 0.852. The van der Waals surface area contributed by atoms with Crippen LogP contribution in [0.3, 0.4) is 0 Å². The summed E-state index contributed by atoms with van der Waals surface area (Å²) >= 11 is 0. The standard InChI is InChI=1S/C20H31N3O2/c1-3-11-23(20(24)15-22-12-9-21-10-13-22)17-7-8-18-16(14-17)5-4-6-19(18)25-2/h4-6,17,21H,3,7-15H2,1-2H3/t17-/m1/s1. The van der Waals surface area contributed by atoms with Crippen molar-refractivity contribution in [2.45, 2.75) is 38.6 Å². The highest BCUT2D eigenvalue weighted by molar-refractivity contribution is 5.78. The first-order chi connectivity index (χ1) is 12.2. The Kier molecular flexibility index (Phi) is 6.32. The highest BCUT2D eigenvalue weighted by Gasteiger charge is 2.29. The Morgan fingerprint density at radius 1 is 1.36 bits per heavy atom. The van der Waals surface area contributed by atoms with Gasteiger partial charge in [0.05, 0.1) is 13.7 Å². The second-order valence-corrected chi connectivity index (χ2v) is 7.11. The molecule has 3 rings (SSSR count). The van der Waals surface area contributed by atoms with E-state index in [0.29, 0.717) is 18.5 Å². The zero-order valence-corrected chi connectivity index (χ0v) is 15.6. The Labute approximate surface area is 151 Å². The van der Waals surface area contributed by atoms with Crippen LogP contribution in [-0.2, 0) is 17.6 Å². The number of ether oxygens (including phenoxy) is 1. The van der Waals surface area contributed by atoms with Gasteiger partial charge in [-0.1, -0.05) is 19.1 Å². The van der Waals surface area contributed by atoms with Gasteiger partial charge < -0.3 is 15.0 Å². The van der Waals surface area contributed by atoms with Gasteiger partial charge in [-0.2, -0.15) is 0 Å². The van der Waals surface area contributed by atoms with Crippen LogP contribution < -0.4 is 10.1 Å². The largest absolute Gasteiger partial charge is 0.496 e. The van der Waals surface area contributed by atoms with Crippen molar-refractivity contribution in [3.63, 3.8) is 0 Å². The Morgan fingerprint density at radius 2 is 2.16 bits per heavy atom. The number of benzene rings is 1. The van der Waals surface area contributed by atoms with Crippen LogP contribution in [0.5, 0.6) is 5.75 Å². The van der Waals surface area contributed by atoms with E-state index in [9.17, 15) is 4.79 Å². The smallest absolute Gasteiger partial charge is 0.237 e. The van der Waals surface area contributed by atoms with Crippen LogP contribution in [0, 0.1) is 0 Å². The summed E-state index contributed by atoms with van der Waals surface area (Å²) in [6.45, 7) is 7.48. The fourth-order valence-electron chi connectivity index (χ4n) is 4.11. The number of methoxy groups -OCH3 is 1. The minimum atomic E-state index is 0.292. The van der Waals surface area contributed by atoms with Crippen molar-refractivity contribution in [1.82, 2.24) is 15.1 Å². The number of carbonyl (C=O) groups excluding carboxylic acids is 1. The Hall–Kier alpha value is -1.59. The minimum Gasteiger partial charge on any atom is -0.496 e. The molecule has 1 aromatic rings. The van der Waals surface area contributed by atoms with Crippen LogP contribution in [0.2, 0.25) is 0 Å². The van der Waals surface area contributed by atoms with Crippen molar-refractivity contribution >= 4 is 5.91 Å². The molecule has 1 aliphatic carbocycles. The molecular weight excluding hydrogens is 314 g/mol. The highest BCUT2D eigenvalue weighted by Crippen LogP contribution is 2.31. The van der Waals surface area contributed by atoms with Gasteiger partial charge in [-0.15, -0.1) is 0 Å². The molecule has 0 aromatic heterocycles. The van der Waals surface area contributed by atoms with E-state index < -0.39 is 0 Å². The Morgan fingerprint density at radius 3 is 2.88 bits per heavy atom. The molecule has 0 unspecified atom stereocenters. The molecule has 0 bridgehead atoms. The lowest BCUT2D eigenvalue weighted by Gasteiger charge is -2.37. The van der Waals surface area contributed by atoms with E-state index >= 15 is 0 Å². The third kappa shape index (κ3) is 4.33. The van der Waals surface area contributed by atoms with E-state index in [2.05, 4.69) is 34.2 Å². The lowest BCUT2D eigenvalue weighted by molar-refractivity contribution is -0.135. The first-order valence-electron chi connectivity index (χ1n) is 9.60. The molecular formula is C20H31N3O2. The number of amides is 1. The summed E-state index contributed by atoms with van der Waals surface area (Å²) in [6, 6.07) is 6.61. The molecule has 1 atom stereocenters. The van der Waals surface area contributed by atoms with E-state index in [4.69, 9.17) is 4.74 Å². The molecule has 1 N–H and O–H groups in total. The average Bonchev–Trinajstić information content (AvgIpc) is 2.65. The number of piperazine rings is 1. The molecule has 1 aliphatic heterocycles. The summed E-state index contributed by atoms with van der Waals surface area (Å²) in [5.74, 6) is 1.28. The van der Waals surface area contributed by atoms with Gasteiger partial charge in [0.2, 0.25) is 5.91 Å². The van der Waals surface area contributed by atoms with E-state index in [1.165, 1.54) is 11.1 Å². The van der Waals surface area contributed by atoms with Crippen LogP contribution in [0.25, 0.3) is 0 Å². The number of nitrogens with zero attached hydrogens (tertiary/aromatic N) is 2. The Bertz CT molecular complexity index is 584. The van der Waals surface area contributed by atoms with Crippen molar-refractivity contribution in [2.75, 3.05) is 46.4 Å². The van der Waals surface area contributed by atoms with Gasteiger partial charge in [-0.3, -0.25) is 9.69 Å². The van der Waals surface area contributed by atoms with Gasteiger partial charge in [0, 0.05) is 38.8 Å². The number of hydrogen-bond acceptors (Lipinski definition) is 4. The first kappa shape index (κ1) is 18.2. The van der Waals surface area contributed by atoms with Gasteiger partial charge in [0.15, 0.2) is 0 Å². The zero-order valence-electron chi connectivity index (χ0n) is 15.6. The average molecular weight is 345 g/mol. The molecule has 0 saturated carbocycles. The zero-order chi connectivity index (χ0) is 17.6. The molecule has 1 heterocycles. The van der Waals surface area contributed by atoms with Crippen LogP contribution in [0.15, 0.2) is 18.2 Å². The summed E-state index contributed by atoms with van der Waals surface area (Å²) in [6.07, 6.45) is 3.97. The van der Waals surface area contributed by atoms with E-state index in [-0.39, 0.29) is 0 Å². The molecule has 1 fully saturated rings. The molecule has 0 radical (unpaired) electrons. The Balaban J connectivity index is 1.69. The predicted octanol–water partition coefficient (Wildman–Crippen LogP) is 1.70. The summed E-state index contributed by atoms with van der Waals surface area (Å²) < 4.78 is 5.51. The van der Waals surface area contributed by atoms with Crippen molar-refractivity contribution in [2.24, 2.45) is 0 Å². The van der Waals surface area contributed by atoms with Crippen LogP contribution in [0.4, 0.5) is 0 Å². The summed E-state index contributed by atoms with van der Waals surface area (Å²) in [5, 5.41) is 3.35. The van der Waals surface area contributed by atoms with Crippen LogP contribution >= 0.6 is 0 Å². The van der Waals surface area contributed by atoms with Gasteiger partial charge in [-0.25, -0.2) is 0 Å². The van der Waals surface area contributed by atoms with Crippen LogP contribution in [0.1, 0.15) is 30.9 Å². The minimum absolute atomic E-state index is 0.292. The molecule has 1 amide bonds. The second kappa shape index (κ2) is 8.68. The van der Waals surface area contributed by atoms with Crippen LogP contribution in [-0.4, -0.2) is 68.1 Å². The molecule has 25 heavy (non-hydrogen) atoms. The molecule has 5 nitrogen and oxygen atoms in total. The van der Waals surface area contributed by atoms with Gasteiger partial charge >= 0.3 is 0 Å². The fourth-order valence-corrected chi connectivity index (χ4v) is 4.11. The number of rotatable bonds is 6. The fraction of sp³-hybridized carbons (Fsp3) is 0.650. The third-order valence-electron chi connectivity index (χ3n) is 5.43. The normalized spacial score (nSPS) is 20.8. The number of carbonyl (C=O) groups is 1. The SMILES string of the molecule is CCCN(C(=O)CN1CCNCC1)[C@@H]1CCc2c(cccc2OC)C1. The second-order valence-electron chi connectivity index (χ2n) is 7.11. The molecule has 1 saturated heterocycles. The molecule has 138 valence electrons. The lowest BCUT2D eigenvalue weighted by atomic mass is 9.86. The highest BCUT2D eigenvalue weighted by atomic mass is 16.5. The van der Waals surface area contributed by atoms with Crippen molar-refractivity contribution in [1.29, 1.82) is 0 Å². The number of nitrogens with one attached hydrogen (secondary N) is 1. The van der Waals surface area contributed by atoms with E-state index in [0.717, 1.165) is 64.2 Å². The number of hydrogen-bond donors (Lipinski definition) is 1.